The number of carbonyl (C=O) groups is 2. The van der Waals surface area contributed by atoms with Gasteiger partial charge in [0.05, 0.1) is 11.3 Å². The molecular weight excluding hydrogens is 418 g/mol. The Labute approximate surface area is 184 Å². The van der Waals surface area contributed by atoms with Gasteiger partial charge in [0.25, 0.3) is 5.91 Å². The van der Waals surface area contributed by atoms with E-state index < -0.39 is 0 Å². The molecule has 30 heavy (non-hydrogen) atoms. The fourth-order valence-corrected chi connectivity index (χ4v) is 4.52. The van der Waals surface area contributed by atoms with Crippen LogP contribution < -0.4 is 10.2 Å². The van der Waals surface area contributed by atoms with Crippen LogP contribution in [0.3, 0.4) is 0 Å². The lowest BCUT2D eigenvalue weighted by atomic mass is 10.2. The summed E-state index contributed by atoms with van der Waals surface area (Å²) in [4.78, 5) is 32.6. The van der Waals surface area contributed by atoms with E-state index in [0.29, 0.717) is 41.5 Å². The summed E-state index contributed by atoms with van der Waals surface area (Å²) in [5.41, 5.74) is 2.31. The number of carbonyl (C=O) groups excluding carboxylic acids is 2. The summed E-state index contributed by atoms with van der Waals surface area (Å²) in [5.74, 6) is -0.158. The molecule has 0 saturated heterocycles. The van der Waals surface area contributed by atoms with Crippen molar-refractivity contribution in [1.29, 1.82) is 0 Å². The maximum Gasteiger partial charge on any atom is 0.261 e. The first-order chi connectivity index (χ1) is 14.6. The van der Waals surface area contributed by atoms with Gasteiger partial charge in [-0.2, -0.15) is 0 Å². The van der Waals surface area contributed by atoms with E-state index in [1.807, 2.05) is 42.5 Å². The van der Waals surface area contributed by atoms with Crippen LogP contribution in [-0.4, -0.2) is 23.3 Å². The SMILES string of the molecule is O=C(CCCN1C(=O)c2cccnc2Sc2ccccc21)NCc1ccccc1Cl. The lowest BCUT2D eigenvalue weighted by molar-refractivity contribution is -0.121. The number of fused-ring (bicyclic) bond motifs is 2. The Bertz CT molecular complexity index is 1090. The highest BCUT2D eigenvalue weighted by molar-refractivity contribution is 7.99. The Balaban J connectivity index is 1.41. The summed E-state index contributed by atoms with van der Waals surface area (Å²) in [7, 11) is 0. The van der Waals surface area contributed by atoms with Crippen LogP contribution in [0.2, 0.25) is 5.02 Å². The largest absolute Gasteiger partial charge is 0.352 e. The molecule has 0 bridgehead atoms. The third-order valence-corrected chi connectivity index (χ3v) is 6.28. The highest BCUT2D eigenvalue weighted by Crippen LogP contribution is 2.40. The minimum absolute atomic E-state index is 0.0677. The molecule has 1 aliphatic rings. The fourth-order valence-electron chi connectivity index (χ4n) is 3.30. The number of aromatic nitrogens is 1. The van der Waals surface area contributed by atoms with Gasteiger partial charge in [0.15, 0.2) is 0 Å². The minimum atomic E-state index is -0.0907. The standard InChI is InChI=1S/C23H20ClN3O2S/c24-18-9-2-1-7-16(18)15-26-21(28)12-6-14-27-19-10-3-4-11-20(19)30-22-17(23(27)29)8-5-13-25-22/h1-5,7-11,13H,6,12,14-15H2,(H,26,28). The van der Waals surface area contributed by atoms with Crippen LogP contribution >= 0.6 is 23.4 Å². The van der Waals surface area contributed by atoms with Crippen molar-refractivity contribution in [2.45, 2.75) is 29.3 Å². The first kappa shape index (κ1) is 20.4. The second kappa shape index (κ2) is 9.32. The molecule has 1 N–H and O–H groups in total. The maximum absolute atomic E-state index is 13.2. The van der Waals surface area contributed by atoms with Crippen LogP contribution in [0.4, 0.5) is 5.69 Å². The maximum atomic E-state index is 13.2. The average Bonchev–Trinajstić information content (AvgIpc) is 2.88. The molecule has 0 unspecified atom stereocenters. The van der Waals surface area contributed by atoms with Crippen molar-refractivity contribution >= 4 is 40.9 Å². The molecule has 4 rings (SSSR count). The zero-order chi connectivity index (χ0) is 20.9. The first-order valence-electron chi connectivity index (χ1n) is 9.67. The van der Waals surface area contributed by atoms with Crippen molar-refractivity contribution < 1.29 is 9.59 Å². The van der Waals surface area contributed by atoms with E-state index in [2.05, 4.69) is 10.3 Å². The number of amides is 2. The number of hydrogen-bond acceptors (Lipinski definition) is 4. The summed E-state index contributed by atoms with van der Waals surface area (Å²) in [6.45, 7) is 0.837. The molecule has 0 fully saturated rings. The predicted octanol–water partition coefficient (Wildman–Crippen LogP) is 4.94. The van der Waals surface area contributed by atoms with Crippen molar-refractivity contribution in [2.24, 2.45) is 0 Å². The average molecular weight is 438 g/mol. The van der Waals surface area contributed by atoms with E-state index in [1.54, 1.807) is 29.3 Å². The van der Waals surface area contributed by atoms with Gasteiger partial charge in [-0.1, -0.05) is 53.7 Å². The number of hydrogen-bond donors (Lipinski definition) is 1. The number of rotatable bonds is 6. The summed E-state index contributed by atoms with van der Waals surface area (Å²) in [6, 6.07) is 18.8. The lowest BCUT2D eigenvalue weighted by Gasteiger charge is -2.22. The monoisotopic (exact) mass is 437 g/mol. The third kappa shape index (κ3) is 4.50. The highest BCUT2D eigenvalue weighted by atomic mass is 35.5. The van der Waals surface area contributed by atoms with Crippen LogP contribution in [0.25, 0.3) is 0 Å². The van der Waals surface area contributed by atoms with E-state index >= 15 is 0 Å². The van der Waals surface area contributed by atoms with E-state index in [4.69, 9.17) is 11.6 Å². The van der Waals surface area contributed by atoms with Crippen LogP contribution in [0, 0.1) is 0 Å². The molecule has 0 radical (unpaired) electrons. The molecule has 2 amide bonds. The molecule has 5 nitrogen and oxygen atoms in total. The topological polar surface area (TPSA) is 62.3 Å². The van der Waals surface area contributed by atoms with Gasteiger partial charge in [0, 0.05) is 35.6 Å². The van der Waals surface area contributed by atoms with Crippen LogP contribution in [0.5, 0.6) is 0 Å². The van der Waals surface area contributed by atoms with Crippen LogP contribution in [-0.2, 0) is 11.3 Å². The molecule has 2 aromatic carbocycles. The number of benzene rings is 2. The summed E-state index contributed by atoms with van der Waals surface area (Å²) < 4.78 is 0. The first-order valence-corrected chi connectivity index (χ1v) is 10.9. The van der Waals surface area contributed by atoms with Crippen molar-refractivity contribution in [3.63, 3.8) is 0 Å². The van der Waals surface area contributed by atoms with Gasteiger partial charge >= 0.3 is 0 Å². The van der Waals surface area contributed by atoms with Crippen molar-refractivity contribution in [1.82, 2.24) is 10.3 Å². The Morgan fingerprint density at radius 2 is 1.87 bits per heavy atom. The third-order valence-electron chi connectivity index (χ3n) is 4.83. The summed E-state index contributed by atoms with van der Waals surface area (Å²) in [5, 5.41) is 4.23. The Morgan fingerprint density at radius 1 is 1.07 bits per heavy atom. The van der Waals surface area contributed by atoms with Gasteiger partial charge in [-0.15, -0.1) is 0 Å². The molecule has 7 heteroatoms. The Morgan fingerprint density at radius 3 is 2.73 bits per heavy atom. The molecular formula is C23H20ClN3O2S. The summed E-state index contributed by atoms with van der Waals surface area (Å²) in [6.07, 6.45) is 2.57. The normalized spacial score (nSPS) is 12.7. The van der Waals surface area contributed by atoms with Gasteiger partial charge in [0.1, 0.15) is 5.03 Å². The van der Waals surface area contributed by atoms with Gasteiger partial charge in [-0.25, -0.2) is 4.98 Å². The smallest absolute Gasteiger partial charge is 0.261 e. The molecule has 0 atom stereocenters. The molecule has 1 aromatic heterocycles. The van der Waals surface area contributed by atoms with Crippen molar-refractivity contribution in [3.8, 4) is 0 Å². The van der Waals surface area contributed by atoms with Crippen LogP contribution in [0.15, 0.2) is 76.8 Å². The van der Waals surface area contributed by atoms with Gasteiger partial charge in [-0.3, -0.25) is 9.59 Å². The van der Waals surface area contributed by atoms with E-state index in [9.17, 15) is 9.59 Å². The van der Waals surface area contributed by atoms with Crippen LogP contribution in [0.1, 0.15) is 28.8 Å². The molecule has 3 aromatic rings. The zero-order valence-electron chi connectivity index (χ0n) is 16.2. The number of pyridine rings is 1. The predicted molar refractivity (Wildman–Crippen MR) is 119 cm³/mol. The number of halogens is 1. The number of nitrogens with zero attached hydrogens (tertiary/aromatic N) is 2. The second-order valence-corrected chi connectivity index (χ2v) is 8.29. The fraction of sp³-hybridized carbons (Fsp3) is 0.174. The van der Waals surface area contributed by atoms with E-state index in [0.717, 1.165) is 16.1 Å². The zero-order valence-corrected chi connectivity index (χ0v) is 17.7. The van der Waals surface area contributed by atoms with Gasteiger partial charge in [0.2, 0.25) is 5.91 Å². The number of nitrogens with one attached hydrogen (secondary N) is 1. The Kier molecular flexibility index (Phi) is 6.35. The highest BCUT2D eigenvalue weighted by Gasteiger charge is 2.27. The second-order valence-electron chi connectivity index (χ2n) is 6.85. The molecule has 1 aliphatic heterocycles. The molecule has 0 saturated carbocycles. The van der Waals surface area contributed by atoms with Crippen molar-refractivity contribution in [2.75, 3.05) is 11.4 Å². The minimum Gasteiger partial charge on any atom is -0.352 e. The van der Waals surface area contributed by atoms with Crippen molar-refractivity contribution in [3.05, 3.63) is 83.0 Å². The van der Waals surface area contributed by atoms with Gasteiger partial charge in [-0.05, 0) is 42.3 Å². The molecule has 152 valence electrons. The van der Waals surface area contributed by atoms with E-state index in [-0.39, 0.29) is 11.8 Å². The van der Waals surface area contributed by atoms with Gasteiger partial charge < -0.3 is 10.2 Å². The molecule has 0 aliphatic carbocycles. The molecule has 2 heterocycles. The number of anilines is 1. The number of para-hydroxylation sites is 1. The van der Waals surface area contributed by atoms with E-state index in [1.165, 1.54) is 11.8 Å². The lowest BCUT2D eigenvalue weighted by Crippen LogP contribution is -2.33. The molecule has 0 spiro atoms. The quantitative estimate of drug-likeness (QED) is 0.593. The Hall–Kier alpha value is -2.83. The summed E-state index contributed by atoms with van der Waals surface area (Å²) >= 11 is 7.62.